The van der Waals surface area contributed by atoms with Crippen molar-refractivity contribution in [2.24, 2.45) is 0 Å². The van der Waals surface area contributed by atoms with Gasteiger partial charge in [-0.3, -0.25) is 0 Å². The summed E-state index contributed by atoms with van der Waals surface area (Å²) < 4.78 is 43.3. The van der Waals surface area contributed by atoms with E-state index in [1.54, 1.807) is 24.3 Å². The maximum absolute atomic E-state index is 12.6. The summed E-state index contributed by atoms with van der Waals surface area (Å²) in [5, 5.41) is 1.30. The first-order valence-corrected chi connectivity index (χ1v) is 5.98. The van der Waals surface area contributed by atoms with Gasteiger partial charge in [-0.25, -0.2) is 0 Å². The first-order valence-electron chi connectivity index (χ1n) is 5.98. The predicted molar refractivity (Wildman–Crippen MR) is 73.0 cm³/mol. The molecular weight excluding hydrogens is 291 g/mol. The third kappa shape index (κ3) is 4.63. The molecule has 2 aromatic carbocycles. The Morgan fingerprint density at radius 3 is 2.35 bits per heavy atom. The van der Waals surface area contributed by atoms with Gasteiger partial charge in [0.05, 0.1) is 6.61 Å². The molecule has 20 heavy (non-hydrogen) atoms. The van der Waals surface area contributed by atoms with Gasteiger partial charge in [-0.05, 0) is 29.3 Å². The number of hydrogen-bond acceptors (Lipinski definition) is 1. The van der Waals surface area contributed by atoms with Crippen molar-refractivity contribution in [2.45, 2.75) is 6.42 Å². The summed E-state index contributed by atoms with van der Waals surface area (Å²) >= 11 is 0. The topological polar surface area (TPSA) is 9.23 Å². The Hall–Kier alpha value is -0.269. The van der Waals surface area contributed by atoms with E-state index in [1.165, 1.54) is 12.1 Å². The number of hydrogen-bond donors (Lipinski definition) is 0. The summed E-state index contributed by atoms with van der Waals surface area (Å²) in [6, 6.07) is 8.81. The van der Waals surface area contributed by atoms with Crippen molar-refractivity contribution in [1.82, 2.24) is 0 Å². The van der Waals surface area contributed by atoms with Crippen molar-refractivity contribution in [3.05, 3.63) is 49.1 Å². The summed E-state index contributed by atoms with van der Waals surface area (Å²) in [5.74, 6) is 0.652. The molecule has 0 radical (unpaired) electrons. The number of rotatable bonds is 5. The van der Waals surface area contributed by atoms with Crippen LogP contribution in [-0.4, -0.2) is 13.6 Å². The summed E-state index contributed by atoms with van der Waals surface area (Å²) in [7, 11) is 0. The first kappa shape index (κ1) is 17.8. The third-order valence-electron chi connectivity index (χ3n) is 2.80. The van der Waals surface area contributed by atoms with Crippen LogP contribution in [0.1, 0.15) is 6.42 Å². The maximum Gasteiger partial charge on any atom is 1.00 e. The second-order valence-corrected chi connectivity index (χ2v) is 4.27. The monoisotopic (exact) mass is 304 g/mol. The minimum Gasteiger partial charge on any atom is -0.493 e. The Labute approximate surface area is 158 Å². The van der Waals surface area contributed by atoms with Crippen LogP contribution in [0.4, 0.5) is 12.9 Å². The molecule has 0 unspecified atom stereocenters. The van der Waals surface area contributed by atoms with E-state index < -0.39 is 12.4 Å². The fraction of sp³-hybridized carbons (Fsp3) is 0.143. The van der Waals surface area contributed by atoms with Crippen molar-refractivity contribution in [3.8, 4) is 5.75 Å². The molecule has 100 valence electrons. The largest absolute Gasteiger partial charge is 1.00 e. The molecule has 0 aliphatic heterocycles. The summed E-state index contributed by atoms with van der Waals surface area (Å²) in [6.45, 7) is -0.849. The summed E-state index contributed by atoms with van der Waals surface area (Å²) in [5.41, 5.74) is -0.576. The van der Waals surface area contributed by atoms with Crippen LogP contribution in [0.15, 0.2) is 49.1 Å². The van der Waals surface area contributed by atoms with E-state index in [0.29, 0.717) is 17.7 Å². The van der Waals surface area contributed by atoms with E-state index in [9.17, 15) is 12.9 Å². The van der Waals surface area contributed by atoms with Gasteiger partial charge in [0.25, 0.3) is 0 Å². The second kappa shape index (κ2) is 7.66. The molecule has 0 fully saturated rings. The van der Waals surface area contributed by atoms with Gasteiger partial charge >= 0.3 is 58.4 Å². The van der Waals surface area contributed by atoms with E-state index in [0.717, 1.165) is 17.9 Å². The minimum atomic E-state index is -4.95. The van der Waals surface area contributed by atoms with Crippen LogP contribution in [0.3, 0.4) is 0 Å². The standard InChI is InChI=1S/C14H13BF3O.K/c1-2-3-8-19-14-7-5-11-9-13(15(16,17)18)6-4-12(11)10-14;/h2,4-7,9-10H,1,3,8H2;/q-1;+1. The molecule has 0 N–H and O–H groups in total. The Morgan fingerprint density at radius 2 is 1.70 bits per heavy atom. The molecule has 1 nitrogen and oxygen atoms in total. The van der Waals surface area contributed by atoms with Crippen LogP contribution in [0.5, 0.6) is 5.75 Å². The normalized spacial score (nSPS) is 10.9. The molecule has 0 amide bonds. The molecular formula is C14H13BF3KO. The van der Waals surface area contributed by atoms with Crippen LogP contribution in [0.25, 0.3) is 10.8 Å². The van der Waals surface area contributed by atoms with E-state index in [2.05, 4.69) is 6.58 Å². The van der Waals surface area contributed by atoms with Crippen molar-refractivity contribution in [3.63, 3.8) is 0 Å². The Kier molecular flexibility index (Phi) is 6.81. The van der Waals surface area contributed by atoms with Crippen LogP contribution >= 0.6 is 0 Å². The summed E-state index contributed by atoms with van der Waals surface area (Å²) in [6.07, 6.45) is 2.48. The molecule has 0 aliphatic carbocycles. The van der Waals surface area contributed by atoms with Gasteiger partial charge in [-0.1, -0.05) is 30.3 Å². The van der Waals surface area contributed by atoms with Crippen LogP contribution in [-0.2, 0) is 0 Å². The number of fused-ring (bicyclic) bond motifs is 1. The van der Waals surface area contributed by atoms with Crippen molar-refractivity contribution < 1.29 is 69.1 Å². The van der Waals surface area contributed by atoms with Gasteiger partial charge in [0.1, 0.15) is 5.75 Å². The molecule has 0 aliphatic rings. The number of halogens is 3. The molecule has 0 spiro atoms. The van der Waals surface area contributed by atoms with Gasteiger partial charge < -0.3 is 17.7 Å². The van der Waals surface area contributed by atoms with E-state index in [-0.39, 0.29) is 51.4 Å². The average Bonchev–Trinajstić information content (AvgIpc) is 2.37. The van der Waals surface area contributed by atoms with Crippen LogP contribution < -0.4 is 61.6 Å². The molecule has 0 saturated carbocycles. The Balaban J connectivity index is 0.00000200. The molecule has 6 heteroatoms. The maximum atomic E-state index is 12.6. The third-order valence-corrected chi connectivity index (χ3v) is 2.80. The van der Waals surface area contributed by atoms with Gasteiger partial charge in [-0.15, -0.1) is 12.0 Å². The second-order valence-electron chi connectivity index (χ2n) is 4.27. The molecule has 0 aromatic heterocycles. The van der Waals surface area contributed by atoms with Crippen molar-refractivity contribution in [1.29, 1.82) is 0 Å². The molecule has 0 atom stereocenters. The SMILES string of the molecule is C=CCCOc1ccc2cc([B-](F)(F)F)ccc2c1.[K+]. The Morgan fingerprint density at radius 1 is 1.05 bits per heavy atom. The summed E-state index contributed by atoms with van der Waals surface area (Å²) in [4.78, 5) is 0. The zero-order valence-electron chi connectivity index (χ0n) is 11.3. The molecule has 0 bridgehead atoms. The fourth-order valence-electron chi connectivity index (χ4n) is 1.80. The molecule has 2 rings (SSSR count). The number of benzene rings is 2. The molecule has 0 saturated heterocycles. The van der Waals surface area contributed by atoms with Crippen molar-refractivity contribution in [2.75, 3.05) is 6.61 Å². The van der Waals surface area contributed by atoms with E-state index in [4.69, 9.17) is 4.74 Å². The average molecular weight is 304 g/mol. The van der Waals surface area contributed by atoms with Gasteiger partial charge in [0.2, 0.25) is 0 Å². The van der Waals surface area contributed by atoms with Gasteiger partial charge in [0.15, 0.2) is 0 Å². The van der Waals surface area contributed by atoms with Crippen LogP contribution in [0, 0.1) is 0 Å². The molecule has 2 aromatic rings. The minimum absolute atomic E-state index is 0. The van der Waals surface area contributed by atoms with Gasteiger partial charge in [-0.2, -0.15) is 0 Å². The fourth-order valence-corrected chi connectivity index (χ4v) is 1.80. The number of ether oxygens (including phenoxy) is 1. The van der Waals surface area contributed by atoms with E-state index >= 15 is 0 Å². The Bertz CT molecular complexity index is 598. The quantitative estimate of drug-likeness (QED) is 0.452. The van der Waals surface area contributed by atoms with Gasteiger partial charge in [0, 0.05) is 0 Å². The first-order chi connectivity index (χ1) is 9.00. The van der Waals surface area contributed by atoms with Crippen LogP contribution in [0.2, 0.25) is 0 Å². The predicted octanol–water partition coefficient (Wildman–Crippen LogP) is 0.853. The van der Waals surface area contributed by atoms with Crippen molar-refractivity contribution >= 4 is 23.2 Å². The zero-order chi connectivity index (χ0) is 13.9. The zero-order valence-corrected chi connectivity index (χ0v) is 14.4. The molecule has 0 heterocycles. The smallest absolute Gasteiger partial charge is 0.493 e. The van der Waals surface area contributed by atoms with E-state index in [1.807, 2.05) is 0 Å².